The fraction of sp³-hybridized carbons (Fsp3) is 0.560. The van der Waals surface area contributed by atoms with Crippen LogP contribution >= 0.6 is 0 Å². The molecule has 1 unspecified atom stereocenters. The molecule has 0 bridgehead atoms. The van der Waals surface area contributed by atoms with Gasteiger partial charge in [0, 0.05) is 63.9 Å². The summed E-state index contributed by atoms with van der Waals surface area (Å²) in [7, 11) is 1.60. The molecule has 1 atom stereocenters. The molecule has 4 rings (SSSR count). The van der Waals surface area contributed by atoms with E-state index in [1.165, 1.54) is 0 Å². The highest BCUT2D eigenvalue weighted by atomic mass is 16.5. The van der Waals surface area contributed by atoms with Crippen LogP contribution in [0.3, 0.4) is 0 Å². The molecule has 0 N–H and O–H groups in total. The zero-order valence-corrected chi connectivity index (χ0v) is 20.1. The van der Waals surface area contributed by atoms with E-state index in [0.717, 1.165) is 51.1 Å². The van der Waals surface area contributed by atoms with E-state index in [9.17, 15) is 9.59 Å². The molecule has 3 heterocycles. The van der Waals surface area contributed by atoms with Gasteiger partial charge in [0.25, 0.3) is 5.91 Å². The first-order chi connectivity index (χ1) is 16.6. The summed E-state index contributed by atoms with van der Waals surface area (Å²) in [6.45, 7) is 7.87. The molecule has 2 aliphatic rings. The van der Waals surface area contributed by atoms with Crippen LogP contribution in [0.25, 0.3) is 11.3 Å². The van der Waals surface area contributed by atoms with Crippen molar-refractivity contribution in [3.63, 3.8) is 0 Å². The number of hydrogen-bond donors (Lipinski definition) is 0. The van der Waals surface area contributed by atoms with Crippen molar-refractivity contribution in [1.82, 2.24) is 19.9 Å². The number of nitrogens with zero attached hydrogens (tertiary/aromatic N) is 4. The van der Waals surface area contributed by atoms with E-state index in [0.29, 0.717) is 31.2 Å². The van der Waals surface area contributed by atoms with Gasteiger partial charge in [0.1, 0.15) is 5.75 Å². The molecule has 0 aliphatic carbocycles. The maximum atomic E-state index is 13.4. The first-order valence-corrected chi connectivity index (χ1v) is 12.1. The lowest BCUT2D eigenvalue weighted by molar-refractivity contribution is -0.133. The minimum Gasteiger partial charge on any atom is -0.497 e. The maximum absolute atomic E-state index is 13.4. The van der Waals surface area contributed by atoms with Gasteiger partial charge < -0.3 is 28.7 Å². The van der Waals surface area contributed by atoms with Crippen LogP contribution in [0.4, 0.5) is 0 Å². The molecule has 0 spiro atoms. The molecule has 0 saturated carbocycles. The zero-order chi connectivity index (χ0) is 23.9. The summed E-state index contributed by atoms with van der Waals surface area (Å²) in [4.78, 5) is 32.1. The smallest absolute Gasteiger partial charge is 0.276 e. The number of likely N-dealkylation sites (N-methyl/N-ethyl adjacent to an activating group) is 1. The summed E-state index contributed by atoms with van der Waals surface area (Å²) in [6.07, 6.45) is 2.16. The number of piperazine rings is 1. The van der Waals surface area contributed by atoms with E-state index in [1.807, 2.05) is 29.2 Å². The van der Waals surface area contributed by atoms with Crippen LogP contribution in [0.5, 0.6) is 5.75 Å². The van der Waals surface area contributed by atoms with E-state index in [-0.39, 0.29) is 30.0 Å². The molecule has 34 heavy (non-hydrogen) atoms. The van der Waals surface area contributed by atoms with Crippen LogP contribution in [0.15, 0.2) is 34.9 Å². The average Bonchev–Trinajstić information content (AvgIpc) is 3.58. The maximum Gasteiger partial charge on any atom is 0.276 e. The van der Waals surface area contributed by atoms with Crippen molar-refractivity contribution in [1.29, 1.82) is 0 Å². The van der Waals surface area contributed by atoms with Gasteiger partial charge in [0.05, 0.1) is 13.2 Å². The highest BCUT2D eigenvalue weighted by Gasteiger charge is 2.27. The Morgan fingerprint density at radius 3 is 2.74 bits per heavy atom. The molecular formula is C25H34N4O5. The molecule has 2 aromatic rings. The Morgan fingerprint density at radius 1 is 1.21 bits per heavy atom. The van der Waals surface area contributed by atoms with Crippen LogP contribution < -0.4 is 4.74 Å². The Morgan fingerprint density at radius 2 is 2.03 bits per heavy atom. The van der Waals surface area contributed by atoms with Crippen molar-refractivity contribution < 1.29 is 23.6 Å². The van der Waals surface area contributed by atoms with E-state index in [4.69, 9.17) is 14.0 Å². The lowest BCUT2D eigenvalue weighted by Gasteiger charge is -2.34. The van der Waals surface area contributed by atoms with Crippen LogP contribution in [-0.4, -0.2) is 97.3 Å². The predicted octanol–water partition coefficient (Wildman–Crippen LogP) is 2.53. The minimum absolute atomic E-state index is 0.0168. The molecule has 1 aromatic heterocycles. The van der Waals surface area contributed by atoms with E-state index >= 15 is 0 Å². The molecule has 9 nitrogen and oxygen atoms in total. The lowest BCUT2D eigenvalue weighted by Crippen LogP contribution is -2.49. The first kappa shape index (κ1) is 24.2. The predicted molar refractivity (Wildman–Crippen MR) is 127 cm³/mol. The number of hydrogen-bond acceptors (Lipinski definition) is 7. The second-order valence-electron chi connectivity index (χ2n) is 8.76. The van der Waals surface area contributed by atoms with Crippen molar-refractivity contribution in [2.75, 3.05) is 59.5 Å². The fourth-order valence-electron chi connectivity index (χ4n) is 4.46. The second kappa shape index (κ2) is 11.5. The van der Waals surface area contributed by atoms with Crippen LogP contribution in [-0.2, 0) is 9.53 Å². The third-order valence-corrected chi connectivity index (χ3v) is 6.59. The van der Waals surface area contributed by atoms with Crippen molar-refractivity contribution in [3.8, 4) is 17.1 Å². The molecule has 2 aliphatic heterocycles. The molecule has 2 fully saturated rings. The number of aromatic nitrogens is 1. The Hall–Kier alpha value is -2.91. The van der Waals surface area contributed by atoms with Gasteiger partial charge in [-0.25, -0.2) is 0 Å². The number of carbonyl (C=O) groups excluding carboxylic acids is 2. The number of amides is 2. The summed E-state index contributed by atoms with van der Waals surface area (Å²) in [5, 5.41) is 4.03. The van der Waals surface area contributed by atoms with Crippen LogP contribution in [0, 0.1) is 0 Å². The largest absolute Gasteiger partial charge is 0.497 e. The summed E-state index contributed by atoms with van der Waals surface area (Å²) in [5.74, 6) is 1.01. The van der Waals surface area contributed by atoms with Gasteiger partial charge in [-0.1, -0.05) is 24.2 Å². The minimum atomic E-state index is -0.253. The molecule has 184 valence electrons. The number of rotatable bonds is 9. The SMILES string of the molecule is CCN1CCN(C(=O)CCN(CC2CCCO2)C(=O)c2cc(-c3cccc(OC)c3)on2)CC1. The lowest BCUT2D eigenvalue weighted by atomic mass is 10.1. The summed E-state index contributed by atoms with van der Waals surface area (Å²) in [6, 6.07) is 9.04. The van der Waals surface area contributed by atoms with E-state index < -0.39 is 0 Å². The van der Waals surface area contributed by atoms with Gasteiger partial charge in [0.2, 0.25) is 5.91 Å². The zero-order valence-electron chi connectivity index (χ0n) is 20.1. The summed E-state index contributed by atoms with van der Waals surface area (Å²) in [5.41, 5.74) is 0.998. The first-order valence-electron chi connectivity index (χ1n) is 12.1. The number of carbonyl (C=O) groups is 2. The number of ether oxygens (including phenoxy) is 2. The van der Waals surface area contributed by atoms with Crippen molar-refractivity contribution in [2.45, 2.75) is 32.3 Å². The van der Waals surface area contributed by atoms with Gasteiger partial charge in [-0.15, -0.1) is 0 Å². The third kappa shape index (κ3) is 5.95. The highest BCUT2D eigenvalue weighted by Crippen LogP contribution is 2.25. The van der Waals surface area contributed by atoms with Gasteiger partial charge in [-0.3, -0.25) is 9.59 Å². The monoisotopic (exact) mass is 470 g/mol. The summed E-state index contributed by atoms with van der Waals surface area (Å²) < 4.78 is 16.5. The normalized spacial score (nSPS) is 18.8. The van der Waals surface area contributed by atoms with Gasteiger partial charge >= 0.3 is 0 Å². The number of methoxy groups -OCH3 is 1. The van der Waals surface area contributed by atoms with Crippen molar-refractivity contribution in [3.05, 3.63) is 36.0 Å². The topological polar surface area (TPSA) is 88.3 Å². The molecule has 9 heteroatoms. The van der Waals surface area contributed by atoms with E-state index in [1.54, 1.807) is 18.1 Å². The quantitative estimate of drug-likeness (QED) is 0.556. The fourth-order valence-corrected chi connectivity index (χ4v) is 4.46. The molecule has 0 radical (unpaired) electrons. The average molecular weight is 471 g/mol. The molecule has 1 aromatic carbocycles. The van der Waals surface area contributed by atoms with Crippen molar-refractivity contribution in [2.24, 2.45) is 0 Å². The van der Waals surface area contributed by atoms with Gasteiger partial charge in [-0.2, -0.15) is 0 Å². The van der Waals surface area contributed by atoms with Gasteiger partial charge in [0.15, 0.2) is 11.5 Å². The Balaban J connectivity index is 1.42. The van der Waals surface area contributed by atoms with Crippen molar-refractivity contribution >= 4 is 11.8 Å². The Bertz CT molecular complexity index is 964. The second-order valence-corrected chi connectivity index (χ2v) is 8.76. The molecule has 2 amide bonds. The molecule has 2 saturated heterocycles. The Kier molecular flexibility index (Phi) is 8.18. The van der Waals surface area contributed by atoms with Gasteiger partial charge in [-0.05, 0) is 31.5 Å². The third-order valence-electron chi connectivity index (χ3n) is 6.59. The van der Waals surface area contributed by atoms with Crippen LogP contribution in [0.1, 0.15) is 36.7 Å². The molecular weight excluding hydrogens is 436 g/mol. The Labute approximate surface area is 200 Å². The number of benzene rings is 1. The summed E-state index contributed by atoms with van der Waals surface area (Å²) >= 11 is 0. The highest BCUT2D eigenvalue weighted by molar-refractivity contribution is 5.93. The van der Waals surface area contributed by atoms with Crippen LogP contribution in [0.2, 0.25) is 0 Å². The van der Waals surface area contributed by atoms with E-state index in [2.05, 4.69) is 17.0 Å². The standard InChI is InChI=1S/C25H34N4O5/c1-3-27-11-13-28(14-12-27)24(30)9-10-29(18-21-8-5-15-33-21)25(31)22-17-23(34-26-22)19-6-4-7-20(16-19)32-2/h4,6-7,16-17,21H,3,5,8-15,18H2,1-2H3.